The zero-order valence-corrected chi connectivity index (χ0v) is 14.6. The number of hydrogen-bond acceptors (Lipinski definition) is 4. The first kappa shape index (κ1) is 17.3. The molecule has 25 heavy (non-hydrogen) atoms. The number of amides is 3. The molecule has 1 aliphatic rings. The van der Waals surface area contributed by atoms with Crippen molar-refractivity contribution in [3.63, 3.8) is 0 Å². The summed E-state index contributed by atoms with van der Waals surface area (Å²) in [6.45, 7) is 1.58. The average molecular weight is 360 g/mol. The zero-order chi connectivity index (χ0) is 18.0. The van der Waals surface area contributed by atoms with Crippen LogP contribution in [0.5, 0.6) is 0 Å². The zero-order valence-electron chi connectivity index (χ0n) is 13.7. The Bertz CT molecular complexity index is 819. The van der Waals surface area contributed by atoms with Gasteiger partial charge in [-0.05, 0) is 18.6 Å². The second kappa shape index (κ2) is 7.18. The van der Waals surface area contributed by atoms with Gasteiger partial charge in [-0.15, -0.1) is 0 Å². The largest absolute Gasteiger partial charge is 0.361 e. The quantitative estimate of drug-likeness (QED) is 0.503. The summed E-state index contributed by atoms with van der Waals surface area (Å²) in [5, 5.41) is 8.96. The minimum atomic E-state index is -0.781. The van der Waals surface area contributed by atoms with E-state index in [4.69, 9.17) is 0 Å². The minimum Gasteiger partial charge on any atom is -0.361 e. The molecule has 0 spiro atoms. The number of carbonyl (C=O) groups is 3. The van der Waals surface area contributed by atoms with Gasteiger partial charge in [0.1, 0.15) is 18.1 Å². The molecule has 1 aliphatic heterocycles. The lowest BCUT2D eigenvalue weighted by atomic mass is 10.0. The second-order valence-corrected chi connectivity index (χ2v) is 6.46. The molecule has 3 rings (SSSR count). The lowest BCUT2D eigenvalue weighted by Gasteiger charge is -2.19. The predicted octanol–water partition coefficient (Wildman–Crippen LogP) is 0.128. The average Bonchev–Trinajstić information content (AvgIpc) is 3.01. The lowest BCUT2D eigenvalue weighted by molar-refractivity contribution is -0.129. The number of aromatic nitrogens is 1. The highest BCUT2D eigenvalue weighted by molar-refractivity contribution is 7.80. The second-order valence-electron chi connectivity index (χ2n) is 6.10. The van der Waals surface area contributed by atoms with Crippen LogP contribution in [0.15, 0.2) is 30.5 Å². The van der Waals surface area contributed by atoms with Gasteiger partial charge < -0.3 is 20.9 Å². The van der Waals surface area contributed by atoms with Crippen molar-refractivity contribution in [2.75, 3.05) is 5.75 Å². The Hall–Kier alpha value is -2.48. The Kier molecular flexibility index (Phi) is 4.98. The van der Waals surface area contributed by atoms with Gasteiger partial charge >= 0.3 is 0 Å². The van der Waals surface area contributed by atoms with Gasteiger partial charge in [0.25, 0.3) is 0 Å². The number of carbonyl (C=O) groups excluding carboxylic acids is 3. The van der Waals surface area contributed by atoms with Crippen LogP contribution in [-0.4, -0.2) is 46.6 Å². The van der Waals surface area contributed by atoms with Gasteiger partial charge in [0.2, 0.25) is 17.7 Å². The number of nitrogens with one attached hydrogen (secondary N) is 4. The SMILES string of the molecule is C[C@@H]1NC(=O)[C@H](CS)NC(=O)[C@H](Cc2c[nH]c3ccccc23)NC1=O. The maximum atomic E-state index is 12.6. The van der Waals surface area contributed by atoms with Gasteiger partial charge in [0.15, 0.2) is 0 Å². The van der Waals surface area contributed by atoms with E-state index in [0.717, 1.165) is 16.5 Å². The Morgan fingerprint density at radius 3 is 2.40 bits per heavy atom. The van der Waals surface area contributed by atoms with E-state index >= 15 is 0 Å². The summed E-state index contributed by atoms with van der Waals surface area (Å²) in [5.74, 6) is -1.06. The standard InChI is InChI=1S/C17H20N4O3S/c1-9-15(22)20-13(16(23)21-14(8-25)17(24)19-9)6-10-7-18-12-5-3-2-4-11(10)12/h2-5,7,9,13-14,18,25H,6,8H2,1H3,(H,19,24)(H,20,22)(H,21,23)/t9-,13-,14-/m0/s1. The number of thiol groups is 1. The molecule has 1 fully saturated rings. The van der Waals surface area contributed by atoms with Gasteiger partial charge in [0.05, 0.1) is 0 Å². The summed E-state index contributed by atoms with van der Waals surface area (Å²) < 4.78 is 0. The van der Waals surface area contributed by atoms with Crippen molar-refractivity contribution in [3.8, 4) is 0 Å². The van der Waals surface area contributed by atoms with Crippen molar-refractivity contribution in [2.24, 2.45) is 0 Å². The number of para-hydroxylation sites is 1. The lowest BCUT2D eigenvalue weighted by Crippen LogP contribution is -2.52. The fraction of sp³-hybridized carbons (Fsp3) is 0.353. The third kappa shape index (κ3) is 3.63. The van der Waals surface area contributed by atoms with Gasteiger partial charge in [0, 0.05) is 29.3 Å². The first-order valence-electron chi connectivity index (χ1n) is 8.06. The third-order valence-electron chi connectivity index (χ3n) is 4.30. The summed E-state index contributed by atoms with van der Waals surface area (Å²) in [4.78, 5) is 40.1. The Labute approximate surface area is 150 Å². The molecule has 8 heteroatoms. The first-order valence-corrected chi connectivity index (χ1v) is 8.70. The van der Waals surface area contributed by atoms with Gasteiger partial charge in [-0.1, -0.05) is 18.2 Å². The highest BCUT2D eigenvalue weighted by Crippen LogP contribution is 2.19. The molecular formula is C17H20N4O3S. The third-order valence-corrected chi connectivity index (χ3v) is 4.66. The highest BCUT2D eigenvalue weighted by Gasteiger charge is 2.31. The molecule has 1 aromatic carbocycles. The van der Waals surface area contributed by atoms with Gasteiger partial charge in [-0.3, -0.25) is 14.4 Å². The molecule has 2 heterocycles. The maximum Gasteiger partial charge on any atom is 0.244 e. The summed E-state index contributed by atoms with van der Waals surface area (Å²) in [6.07, 6.45) is 2.15. The smallest absolute Gasteiger partial charge is 0.244 e. The molecule has 0 unspecified atom stereocenters. The van der Waals surface area contributed by atoms with Crippen LogP contribution in [0.4, 0.5) is 0 Å². The first-order chi connectivity index (χ1) is 12.0. The van der Waals surface area contributed by atoms with Crippen LogP contribution in [0.1, 0.15) is 12.5 Å². The van der Waals surface area contributed by atoms with Crippen LogP contribution in [-0.2, 0) is 20.8 Å². The van der Waals surface area contributed by atoms with Crippen LogP contribution in [0, 0.1) is 0 Å². The predicted molar refractivity (Wildman–Crippen MR) is 97.3 cm³/mol. The number of fused-ring (bicyclic) bond motifs is 1. The summed E-state index contributed by atoms with van der Waals surface area (Å²) in [7, 11) is 0. The molecule has 3 atom stereocenters. The van der Waals surface area contributed by atoms with Crippen LogP contribution < -0.4 is 16.0 Å². The normalized spacial score (nSPS) is 24.7. The monoisotopic (exact) mass is 360 g/mol. The van der Waals surface area contributed by atoms with Crippen LogP contribution >= 0.6 is 12.6 Å². The molecule has 1 aromatic heterocycles. The van der Waals surface area contributed by atoms with Crippen LogP contribution in [0.25, 0.3) is 10.9 Å². The summed E-state index contributed by atoms with van der Waals surface area (Å²) in [6, 6.07) is 5.47. The van der Waals surface area contributed by atoms with E-state index in [2.05, 4.69) is 33.6 Å². The van der Waals surface area contributed by atoms with E-state index in [1.54, 1.807) is 6.92 Å². The number of rotatable bonds is 3. The van der Waals surface area contributed by atoms with E-state index in [1.165, 1.54) is 0 Å². The van der Waals surface area contributed by atoms with Crippen molar-refractivity contribution >= 4 is 41.3 Å². The summed E-state index contributed by atoms with van der Waals surface area (Å²) >= 11 is 4.11. The van der Waals surface area contributed by atoms with E-state index in [9.17, 15) is 14.4 Å². The van der Waals surface area contributed by atoms with Crippen LogP contribution in [0.3, 0.4) is 0 Å². The Morgan fingerprint density at radius 1 is 0.960 bits per heavy atom. The summed E-state index contributed by atoms with van der Waals surface area (Å²) in [5.41, 5.74) is 1.88. The van der Waals surface area contributed by atoms with Crippen molar-refractivity contribution in [3.05, 3.63) is 36.0 Å². The molecule has 7 nitrogen and oxygen atoms in total. The number of aromatic amines is 1. The number of benzene rings is 1. The minimum absolute atomic E-state index is 0.151. The Morgan fingerprint density at radius 2 is 1.64 bits per heavy atom. The molecule has 132 valence electrons. The molecule has 0 radical (unpaired) electrons. The number of H-pyrrole nitrogens is 1. The topological polar surface area (TPSA) is 103 Å². The molecule has 2 aromatic rings. The number of hydrogen-bond donors (Lipinski definition) is 5. The Balaban J connectivity index is 1.88. The molecular weight excluding hydrogens is 340 g/mol. The fourth-order valence-corrected chi connectivity index (χ4v) is 3.13. The molecule has 0 bridgehead atoms. The van der Waals surface area contributed by atoms with E-state index < -0.39 is 35.8 Å². The van der Waals surface area contributed by atoms with E-state index in [1.807, 2.05) is 30.5 Å². The van der Waals surface area contributed by atoms with E-state index in [0.29, 0.717) is 6.42 Å². The molecule has 0 saturated carbocycles. The van der Waals surface area contributed by atoms with Crippen LogP contribution in [0.2, 0.25) is 0 Å². The van der Waals surface area contributed by atoms with Crippen molar-refractivity contribution < 1.29 is 14.4 Å². The van der Waals surface area contributed by atoms with Crippen molar-refractivity contribution in [1.29, 1.82) is 0 Å². The molecule has 0 aliphatic carbocycles. The fourth-order valence-electron chi connectivity index (χ4n) is 2.87. The molecule has 4 N–H and O–H groups in total. The highest BCUT2D eigenvalue weighted by atomic mass is 32.1. The van der Waals surface area contributed by atoms with Gasteiger partial charge in [-0.25, -0.2) is 0 Å². The maximum absolute atomic E-state index is 12.6. The van der Waals surface area contributed by atoms with Gasteiger partial charge in [-0.2, -0.15) is 12.6 Å². The van der Waals surface area contributed by atoms with E-state index in [-0.39, 0.29) is 5.75 Å². The molecule has 3 amide bonds. The van der Waals surface area contributed by atoms with Crippen molar-refractivity contribution in [1.82, 2.24) is 20.9 Å². The molecule has 1 saturated heterocycles. The van der Waals surface area contributed by atoms with Crippen molar-refractivity contribution in [2.45, 2.75) is 31.5 Å².